The minimum atomic E-state index is 0.0267. The van der Waals surface area contributed by atoms with E-state index in [1.165, 1.54) is 6.42 Å². The Balaban J connectivity index is 1.59. The summed E-state index contributed by atoms with van der Waals surface area (Å²) in [6.07, 6.45) is 3.55. The van der Waals surface area contributed by atoms with E-state index in [0.29, 0.717) is 18.1 Å². The van der Waals surface area contributed by atoms with Gasteiger partial charge in [0.15, 0.2) is 0 Å². The Morgan fingerprint density at radius 3 is 2.63 bits per heavy atom. The summed E-state index contributed by atoms with van der Waals surface area (Å²) in [4.78, 5) is 0. The molecule has 3 fully saturated rings. The lowest BCUT2D eigenvalue weighted by atomic mass is 9.57. The lowest BCUT2D eigenvalue weighted by molar-refractivity contribution is -0.118. The average molecular weight is 269 g/mol. The zero-order valence-electron chi connectivity index (χ0n) is 12.2. The molecule has 1 saturated carbocycles. The molecule has 19 heavy (non-hydrogen) atoms. The first-order valence-corrected chi connectivity index (χ1v) is 7.63. The fraction of sp³-hybridized carbons (Fsp3) is 1.00. The molecule has 1 aliphatic carbocycles. The molecule has 0 aromatic carbocycles. The van der Waals surface area contributed by atoms with Crippen molar-refractivity contribution in [3.63, 3.8) is 0 Å². The number of rotatable bonds is 4. The van der Waals surface area contributed by atoms with Crippen LogP contribution in [0, 0.1) is 16.7 Å². The molecule has 3 unspecified atom stereocenters. The zero-order chi connectivity index (χ0) is 13.5. The van der Waals surface area contributed by atoms with Crippen LogP contribution in [-0.4, -0.2) is 50.2 Å². The number of hydrogen-bond acceptors (Lipinski definition) is 4. The summed E-state index contributed by atoms with van der Waals surface area (Å²) in [7, 11) is 0. The van der Waals surface area contributed by atoms with Gasteiger partial charge in [-0.15, -0.1) is 0 Å². The van der Waals surface area contributed by atoms with Gasteiger partial charge in [-0.05, 0) is 19.3 Å². The van der Waals surface area contributed by atoms with Gasteiger partial charge in [-0.2, -0.15) is 0 Å². The lowest BCUT2D eigenvalue weighted by Gasteiger charge is -2.55. The maximum Gasteiger partial charge on any atom is 0.0685 e. The van der Waals surface area contributed by atoms with Crippen molar-refractivity contribution in [3.05, 3.63) is 0 Å². The van der Waals surface area contributed by atoms with Gasteiger partial charge in [0.25, 0.3) is 0 Å². The van der Waals surface area contributed by atoms with Crippen LogP contribution in [0.15, 0.2) is 0 Å². The lowest BCUT2D eigenvalue weighted by Crippen LogP contribution is -2.67. The first-order chi connectivity index (χ1) is 9.09. The molecule has 3 rings (SSSR count). The van der Waals surface area contributed by atoms with Gasteiger partial charge >= 0.3 is 0 Å². The third-order valence-corrected chi connectivity index (χ3v) is 5.69. The highest BCUT2D eigenvalue weighted by atomic mass is 16.5. The van der Waals surface area contributed by atoms with Crippen molar-refractivity contribution < 1.29 is 14.6 Å². The van der Waals surface area contributed by atoms with Crippen LogP contribution >= 0.6 is 0 Å². The van der Waals surface area contributed by atoms with E-state index in [2.05, 4.69) is 19.2 Å². The molecule has 0 spiro atoms. The van der Waals surface area contributed by atoms with Gasteiger partial charge in [0, 0.05) is 49.2 Å². The van der Waals surface area contributed by atoms with Crippen molar-refractivity contribution in [1.29, 1.82) is 0 Å². The number of nitrogens with one attached hydrogen (secondary N) is 1. The number of hydrogen-bond donors (Lipinski definition) is 2. The Labute approximate surface area is 115 Å². The van der Waals surface area contributed by atoms with Crippen LogP contribution in [-0.2, 0) is 9.47 Å². The molecule has 0 radical (unpaired) electrons. The van der Waals surface area contributed by atoms with E-state index in [1.54, 1.807) is 0 Å². The van der Waals surface area contributed by atoms with Gasteiger partial charge in [-0.25, -0.2) is 0 Å². The Morgan fingerprint density at radius 2 is 1.95 bits per heavy atom. The Morgan fingerprint density at radius 1 is 1.21 bits per heavy atom. The molecule has 4 nitrogen and oxygen atoms in total. The predicted molar refractivity (Wildman–Crippen MR) is 73.0 cm³/mol. The molecule has 0 aromatic heterocycles. The molecule has 3 aliphatic rings. The highest BCUT2D eigenvalue weighted by Gasteiger charge is 2.59. The number of aliphatic hydroxyl groups excluding tert-OH is 1. The van der Waals surface area contributed by atoms with Crippen molar-refractivity contribution in [2.45, 2.75) is 45.3 Å². The summed E-state index contributed by atoms with van der Waals surface area (Å²) in [5.74, 6) is 0.672. The minimum absolute atomic E-state index is 0.0267. The minimum Gasteiger partial charge on any atom is -0.396 e. The van der Waals surface area contributed by atoms with E-state index in [9.17, 15) is 5.11 Å². The molecule has 0 amide bonds. The number of fused-ring (bicyclic) bond motifs is 1. The van der Waals surface area contributed by atoms with Gasteiger partial charge in [-0.3, -0.25) is 0 Å². The summed E-state index contributed by atoms with van der Waals surface area (Å²) in [6.45, 7) is 8.25. The van der Waals surface area contributed by atoms with Crippen LogP contribution < -0.4 is 5.32 Å². The standard InChI is InChI=1S/C15H27NO3/c1-14(2)12(11-3-6-19-13(11)14)16-9-15(10-17)4-7-18-8-5-15/h11-13,16-17H,3-10H2,1-2H3. The summed E-state index contributed by atoms with van der Waals surface area (Å²) >= 11 is 0. The van der Waals surface area contributed by atoms with E-state index in [4.69, 9.17) is 9.47 Å². The molecule has 0 bridgehead atoms. The molecular formula is C15H27NO3. The molecule has 2 N–H and O–H groups in total. The van der Waals surface area contributed by atoms with E-state index in [1.807, 2.05) is 0 Å². The predicted octanol–water partition coefficient (Wildman–Crippen LogP) is 1.18. The molecule has 2 heterocycles. The summed E-state index contributed by atoms with van der Waals surface area (Å²) in [5.41, 5.74) is 0.252. The molecule has 110 valence electrons. The zero-order valence-corrected chi connectivity index (χ0v) is 12.2. The third kappa shape index (κ3) is 2.23. The van der Waals surface area contributed by atoms with E-state index in [0.717, 1.165) is 39.2 Å². The molecule has 3 atom stereocenters. The van der Waals surface area contributed by atoms with Crippen LogP contribution in [0.4, 0.5) is 0 Å². The fourth-order valence-electron chi connectivity index (χ4n) is 4.26. The van der Waals surface area contributed by atoms with Gasteiger partial charge in [0.1, 0.15) is 0 Å². The number of aliphatic hydroxyl groups is 1. The normalized spacial score (nSPS) is 39.6. The van der Waals surface area contributed by atoms with Crippen LogP contribution in [0.25, 0.3) is 0 Å². The summed E-state index contributed by atoms with van der Waals surface area (Å²) in [5, 5.41) is 13.5. The van der Waals surface area contributed by atoms with Crippen molar-refractivity contribution in [1.82, 2.24) is 5.32 Å². The summed E-state index contributed by atoms with van der Waals surface area (Å²) < 4.78 is 11.3. The molecule has 0 aromatic rings. The van der Waals surface area contributed by atoms with Crippen molar-refractivity contribution >= 4 is 0 Å². The molecule has 4 heteroatoms. The molecular weight excluding hydrogens is 242 g/mol. The first-order valence-electron chi connectivity index (χ1n) is 7.63. The highest BCUT2D eigenvalue weighted by Crippen LogP contribution is 2.52. The molecule has 2 saturated heterocycles. The highest BCUT2D eigenvalue weighted by molar-refractivity contribution is 5.11. The van der Waals surface area contributed by atoms with Crippen LogP contribution in [0.5, 0.6) is 0 Å². The van der Waals surface area contributed by atoms with Crippen LogP contribution in [0.3, 0.4) is 0 Å². The van der Waals surface area contributed by atoms with Gasteiger partial charge in [0.05, 0.1) is 12.7 Å². The van der Waals surface area contributed by atoms with Gasteiger partial charge in [0.2, 0.25) is 0 Å². The third-order valence-electron chi connectivity index (χ3n) is 5.69. The monoisotopic (exact) mass is 269 g/mol. The summed E-state index contributed by atoms with van der Waals surface area (Å²) in [6, 6.07) is 0.534. The quantitative estimate of drug-likeness (QED) is 0.804. The largest absolute Gasteiger partial charge is 0.396 e. The van der Waals surface area contributed by atoms with Gasteiger partial charge in [-0.1, -0.05) is 13.8 Å². The Kier molecular flexibility index (Phi) is 3.63. The second-order valence-electron chi connectivity index (χ2n) is 7.19. The Bertz CT molecular complexity index is 325. The number of ether oxygens (including phenoxy) is 2. The second-order valence-corrected chi connectivity index (χ2v) is 7.19. The maximum absolute atomic E-state index is 9.74. The molecule has 2 aliphatic heterocycles. The average Bonchev–Trinajstić information content (AvgIpc) is 2.86. The van der Waals surface area contributed by atoms with Crippen LogP contribution in [0.1, 0.15) is 33.1 Å². The van der Waals surface area contributed by atoms with E-state index in [-0.39, 0.29) is 17.4 Å². The second kappa shape index (κ2) is 4.99. The van der Waals surface area contributed by atoms with Crippen LogP contribution in [0.2, 0.25) is 0 Å². The fourth-order valence-corrected chi connectivity index (χ4v) is 4.26. The maximum atomic E-state index is 9.74. The van der Waals surface area contributed by atoms with Crippen molar-refractivity contribution in [2.75, 3.05) is 33.0 Å². The van der Waals surface area contributed by atoms with Gasteiger partial charge < -0.3 is 19.9 Å². The van der Waals surface area contributed by atoms with E-state index < -0.39 is 0 Å². The SMILES string of the molecule is CC1(C)C(NCC2(CO)CCOCC2)C2CCOC21. The first kappa shape index (κ1) is 13.8. The Hall–Kier alpha value is -0.160. The smallest absolute Gasteiger partial charge is 0.0685 e. The topological polar surface area (TPSA) is 50.7 Å². The van der Waals surface area contributed by atoms with Crippen molar-refractivity contribution in [3.8, 4) is 0 Å². The van der Waals surface area contributed by atoms with E-state index >= 15 is 0 Å². The van der Waals surface area contributed by atoms with Crippen molar-refractivity contribution in [2.24, 2.45) is 16.7 Å².